The average molecular weight is 516 g/mol. The first-order valence-corrected chi connectivity index (χ1v) is 9.50. The van der Waals surface area contributed by atoms with Crippen LogP contribution in [-0.2, 0) is 18.4 Å². The molecule has 9 heteroatoms. The lowest BCUT2D eigenvalue weighted by molar-refractivity contribution is -0.121. The average Bonchev–Trinajstić information content (AvgIpc) is 2.85. The summed E-state index contributed by atoms with van der Waals surface area (Å²) in [5, 5.41) is 10.5. The number of nitrogens with one attached hydrogen (secondary N) is 3. The van der Waals surface area contributed by atoms with E-state index in [9.17, 15) is 4.79 Å². The molecule has 2 rings (SSSR count). The second kappa shape index (κ2) is 11.9. The molecule has 0 spiro atoms. The Labute approximate surface area is 182 Å². The van der Waals surface area contributed by atoms with Crippen LogP contribution in [0.1, 0.15) is 44.2 Å². The van der Waals surface area contributed by atoms with E-state index in [2.05, 4.69) is 20.9 Å². The number of hydrogen-bond donors (Lipinski definition) is 3. The number of aromatic nitrogens is 1. The van der Waals surface area contributed by atoms with Gasteiger partial charge in [0.15, 0.2) is 5.96 Å². The molecule has 0 bridgehead atoms. The summed E-state index contributed by atoms with van der Waals surface area (Å²) >= 11 is 12.1. The molecule has 1 aliphatic rings. The van der Waals surface area contributed by atoms with Crippen LogP contribution < -0.4 is 16.0 Å². The molecule has 148 valence electrons. The van der Waals surface area contributed by atoms with Crippen LogP contribution in [0, 0.1) is 0 Å². The Morgan fingerprint density at radius 3 is 2.54 bits per heavy atom. The maximum absolute atomic E-state index is 12.0. The fourth-order valence-corrected chi connectivity index (χ4v) is 3.41. The van der Waals surface area contributed by atoms with E-state index in [1.54, 1.807) is 7.05 Å². The summed E-state index contributed by atoms with van der Waals surface area (Å²) in [5.41, 5.74) is 0.952. The number of aliphatic imine (C=N–C) groups is 1. The molecule has 6 nitrogen and oxygen atoms in total. The molecular formula is C17H28Cl2IN5O. The molecule has 0 atom stereocenters. The van der Waals surface area contributed by atoms with E-state index < -0.39 is 0 Å². The number of guanidine groups is 1. The zero-order valence-corrected chi connectivity index (χ0v) is 19.1. The number of nitrogens with zero attached hydrogens (tertiary/aromatic N) is 2. The molecule has 1 saturated carbocycles. The number of rotatable bonds is 6. The molecule has 1 fully saturated rings. The summed E-state index contributed by atoms with van der Waals surface area (Å²) in [7, 11) is 3.55. The van der Waals surface area contributed by atoms with Crippen molar-refractivity contribution in [2.45, 2.75) is 51.1 Å². The fourth-order valence-electron chi connectivity index (χ4n) is 2.99. The monoisotopic (exact) mass is 515 g/mol. The minimum absolute atomic E-state index is 0. The maximum atomic E-state index is 12.0. The van der Waals surface area contributed by atoms with Crippen LogP contribution in [0.2, 0.25) is 10.2 Å². The number of carbonyl (C=O) groups excluding carboxylic acids is 1. The van der Waals surface area contributed by atoms with Crippen LogP contribution in [0.4, 0.5) is 0 Å². The Kier molecular flexibility index (Phi) is 10.7. The van der Waals surface area contributed by atoms with E-state index >= 15 is 0 Å². The summed E-state index contributed by atoms with van der Waals surface area (Å²) in [6, 6.07) is 2.17. The number of amides is 1. The van der Waals surface area contributed by atoms with Gasteiger partial charge in [-0.3, -0.25) is 9.79 Å². The van der Waals surface area contributed by atoms with Crippen LogP contribution in [0.15, 0.2) is 11.1 Å². The van der Waals surface area contributed by atoms with Gasteiger partial charge >= 0.3 is 0 Å². The number of hydrogen-bond acceptors (Lipinski definition) is 2. The minimum Gasteiger partial charge on any atom is -0.356 e. The SMILES string of the molecule is CN=C(NCCC(=O)NC1CCCCC1)NCc1cc(Cl)c(Cl)n1C.I. The number of carbonyl (C=O) groups is 1. The van der Waals surface area contributed by atoms with Gasteiger partial charge in [-0.15, -0.1) is 24.0 Å². The third kappa shape index (κ3) is 7.15. The van der Waals surface area contributed by atoms with Crippen molar-refractivity contribution in [2.75, 3.05) is 13.6 Å². The topological polar surface area (TPSA) is 70.4 Å². The molecule has 0 saturated heterocycles. The summed E-state index contributed by atoms with van der Waals surface area (Å²) in [4.78, 5) is 16.2. The molecule has 26 heavy (non-hydrogen) atoms. The van der Waals surface area contributed by atoms with E-state index in [0.29, 0.717) is 41.7 Å². The molecule has 0 aromatic carbocycles. The van der Waals surface area contributed by atoms with E-state index in [-0.39, 0.29) is 29.9 Å². The van der Waals surface area contributed by atoms with E-state index in [1.807, 2.05) is 17.7 Å². The predicted octanol–water partition coefficient (Wildman–Crippen LogP) is 3.45. The maximum Gasteiger partial charge on any atom is 0.221 e. The molecule has 0 unspecified atom stereocenters. The highest BCUT2D eigenvalue weighted by Gasteiger charge is 2.15. The van der Waals surface area contributed by atoms with Gasteiger partial charge in [0.05, 0.1) is 11.6 Å². The highest BCUT2D eigenvalue weighted by Crippen LogP contribution is 2.24. The van der Waals surface area contributed by atoms with Crippen LogP contribution in [0.25, 0.3) is 0 Å². The molecule has 0 radical (unpaired) electrons. The van der Waals surface area contributed by atoms with Crippen LogP contribution in [0.5, 0.6) is 0 Å². The zero-order valence-electron chi connectivity index (χ0n) is 15.3. The quantitative estimate of drug-likeness (QED) is 0.308. The summed E-state index contributed by atoms with van der Waals surface area (Å²) in [6.45, 7) is 1.07. The van der Waals surface area contributed by atoms with Crippen LogP contribution in [-0.4, -0.2) is 36.1 Å². The van der Waals surface area contributed by atoms with Gasteiger partial charge in [-0.2, -0.15) is 0 Å². The van der Waals surface area contributed by atoms with Crippen molar-refractivity contribution in [3.05, 3.63) is 21.9 Å². The first-order valence-electron chi connectivity index (χ1n) is 8.74. The summed E-state index contributed by atoms with van der Waals surface area (Å²) in [6.07, 6.45) is 6.35. The van der Waals surface area contributed by atoms with Gasteiger partial charge in [0.1, 0.15) is 5.15 Å². The van der Waals surface area contributed by atoms with Crippen molar-refractivity contribution >= 4 is 59.0 Å². The van der Waals surface area contributed by atoms with Crippen LogP contribution in [0.3, 0.4) is 0 Å². The van der Waals surface area contributed by atoms with Crippen molar-refractivity contribution in [2.24, 2.45) is 12.0 Å². The Bertz CT molecular complexity index is 615. The Morgan fingerprint density at radius 1 is 1.27 bits per heavy atom. The lowest BCUT2D eigenvalue weighted by atomic mass is 9.95. The standard InChI is InChI=1S/C17H27Cl2N5O.HI/c1-20-17(22-11-13-10-14(18)16(19)24(13)2)21-9-8-15(25)23-12-6-4-3-5-7-12;/h10,12H,3-9,11H2,1-2H3,(H,23,25)(H2,20,21,22);1H. The van der Waals surface area contributed by atoms with Gasteiger partial charge in [0, 0.05) is 38.8 Å². The molecule has 0 aliphatic heterocycles. The van der Waals surface area contributed by atoms with E-state index in [1.165, 1.54) is 19.3 Å². The van der Waals surface area contributed by atoms with Gasteiger partial charge < -0.3 is 20.5 Å². The highest BCUT2D eigenvalue weighted by atomic mass is 127. The molecule has 1 amide bonds. The highest BCUT2D eigenvalue weighted by molar-refractivity contribution is 14.0. The third-order valence-corrected chi connectivity index (χ3v) is 5.33. The molecular weight excluding hydrogens is 488 g/mol. The molecule has 1 aliphatic carbocycles. The lowest BCUT2D eigenvalue weighted by Gasteiger charge is -2.22. The lowest BCUT2D eigenvalue weighted by Crippen LogP contribution is -2.41. The Morgan fingerprint density at radius 2 is 1.96 bits per heavy atom. The van der Waals surface area contributed by atoms with Gasteiger partial charge in [-0.25, -0.2) is 0 Å². The first kappa shape index (κ1) is 23.4. The molecule has 1 aromatic rings. The van der Waals surface area contributed by atoms with Crippen molar-refractivity contribution in [1.29, 1.82) is 0 Å². The van der Waals surface area contributed by atoms with Gasteiger partial charge in [0.25, 0.3) is 0 Å². The fraction of sp³-hybridized carbons (Fsp3) is 0.647. The Hall–Kier alpha value is -0.670. The number of halogens is 3. The van der Waals surface area contributed by atoms with Crippen molar-refractivity contribution in [3.63, 3.8) is 0 Å². The largest absolute Gasteiger partial charge is 0.356 e. The van der Waals surface area contributed by atoms with Crippen LogP contribution >= 0.6 is 47.2 Å². The second-order valence-electron chi connectivity index (χ2n) is 6.34. The van der Waals surface area contributed by atoms with Crippen molar-refractivity contribution < 1.29 is 4.79 Å². The first-order chi connectivity index (χ1) is 12.0. The molecule has 1 heterocycles. The van der Waals surface area contributed by atoms with Crippen molar-refractivity contribution in [1.82, 2.24) is 20.5 Å². The van der Waals surface area contributed by atoms with Gasteiger partial charge in [0.2, 0.25) is 5.91 Å². The normalized spacial score (nSPS) is 15.3. The predicted molar refractivity (Wildman–Crippen MR) is 119 cm³/mol. The van der Waals surface area contributed by atoms with E-state index in [4.69, 9.17) is 23.2 Å². The van der Waals surface area contributed by atoms with E-state index in [0.717, 1.165) is 18.5 Å². The van der Waals surface area contributed by atoms with Gasteiger partial charge in [-0.05, 0) is 18.9 Å². The molecule has 1 aromatic heterocycles. The minimum atomic E-state index is 0. The third-order valence-electron chi connectivity index (χ3n) is 4.49. The summed E-state index contributed by atoms with van der Waals surface area (Å²) in [5.74, 6) is 0.731. The Balaban J connectivity index is 0.00000338. The second-order valence-corrected chi connectivity index (χ2v) is 7.10. The smallest absolute Gasteiger partial charge is 0.221 e. The molecule has 3 N–H and O–H groups in total. The summed E-state index contributed by atoms with van der Waals surface area (Å²) < 4.78 is 1.82. The van der Waals surface area contributed by atoms with Gasteiger partial charge in [-0.1, -0.05) is 42.5 Å². The zero-order chi connectivity index (χ0) is 18.2. The van der Waals surface area contributed by atoms with Crippen molar-refractivity contribution in [3.8, 4) is 0 Å².